The Labute approximate surface area is 135 Å². The van der Waals surface area contributed by atoms with Gasteiger partial charge in [0, 0.05) is 5.56 Å². The maximum atomic E-state index is 12.3. The summed E-state index contributed by atoms with van der Waals surface area (Å²) in [6, 6.07) is 19.9. The van der Waals surface area contributed by atoms with Crippen molar-refractivity contribution in [3.05, 3.63) is 77.9 Å². The van der Waals surface area contributed by atoms with Gasteiger partial charge < -0.3 is 0 Å². The zero-order valence-electron chi connectivity index (χ0n) is 13.2. The van der Waals surface area contributed by atoms with E-state index < -0.39 is 11.0 Å². The van der Waals surface area contributed by atoms with Gasteiger partial charge in [0.15, 0.2) is 0 Å². The van der Waals surface area contributed by atoms with Gasteiger partial charge in [0.25, 0.3) is 0 Å². The molecule has 0 heterocycles. The highest BCUT2D eigenvalue weighted by Gasteiger charge is 2.19. The molecule has 2 aromatic rings. The van der Waals surface area contributed by atoms with Crippen molar-refractivity contribution in [2.75, 3.05) is 0 Å². The SMILES string of the molecule is CC(C)(C)S(=O)/N=C(\C=C\c1ccccc1)c1ccccc1. The van der Waals surface area contributed by atoms with E-state index in [1.807, 2.05) is 93.6 Å². The molecule has 0 aliphatic heterocycles. The Hall–Kier alpha value is -2.00. The second-order valence-corrected chi connectivity index (χ2v) is 7.85. The van der Waals surface area contributed by atoms with Gasteiger partial charge in [-0.1, -0.05) is 66.7 Å². The minimum atomic E-state index is -1.29. The fourth-order valence-electron chi connectivity index (χ4n) is 1.75. The fourth-order valence-corrected chi connectivity index (χ4v) is 2.37. The number of allylic oxidation sites excluding steroid dienone is 1. The largest absolute Gasteiger partial charge is 0.234 e. The van der Waals surface area contributed by atoms with Crippen LogP contribution in [0.2, 0.25) is 0 Å². The maximum Gasteiger partial charge on any atom is 0.145 e. The van der Waals surface area contributed by atoms with E-state index >= 15 is 0 Å². The van der Waals surface area contributed by atoms with E-state index in [0.29, 0.717) is 0 Å². The highest BCUT2D eigenvalue weighted by Crippen LogP contribution is 2.15. The lowest BCUT2D eigenvalue weighted by atomic mass is 10.1. The maximum absolute atomic E-state index is 12.3. The molecule has 2 aromatic carbocycles. The van der Waals surface area contributed by atoms with Crippen molar-refractivity contribution in [1.82, 2.24) is 0 Å². The molecule has 0 saturated carbocycles. The van der Waals surface area contributed by atoms with Crippen LogP contribution in [0.4, 0.5) is 0 Å². The first-order chi connectivity index (χ1) is 10.5. The van der Waals surface area contributed by atoms with E-state index in [2.05, 4.69) is 4.40 Å². The minimum absolute atomic E-state index is 0.374. The van der Waals surface area contributed by atoms with Gasteiger partial charge in [0.2, 0.25) is 0 Å². The van der Waals surface area contributed by atoms with E-state index in [9.17, 15) is 4.21 Å². The number of nitrogens with zero attached hydrogens (tertiary/aromatic N) is 1. The van der Waals surface area contributed by atoms with E-state index in [1.54, 1.807) is 0 Å². The number of benzene rings is 2. The quantitative estimate of drug-likeness (QED) is 0.756. The summed E-state index contributed by atoms with van der Waals surface area (Å²) < 4.78 is 16.4. The Morgan fingerprint density at radius 2 is 1.50 bits per heavy atom. The van der Waals surface area contributed by atoms with Crippen LogP contribution in [0.3, 0.4) is 0 Å². The first kappa shape index (κ1) is 16.4. The first-order valence-electron chi connectivity index (χ1n) is 7.26. The molecule has 0 amide bonds. The van der Waals surface area contributed by atoms with Crippen molar-refractivity contribution >= 4 is 22.8 Å². The standard InChI is InChI=1S/C19H21NOS/c1-19(2,3)22(21)20-18(17-12-8-5-9-13-17)15-14-16-10-6-4-7-11-16/h4-15H,1-3H3/b15-14+,20-18+. The molecule has 0 fully saturated rings. The van der Waals surface area contributed by atoms with Crippen molar-refractivity contribution < 1.29 is 4.21 Å². The molecule has 0 aliphatic rings. The molecule has 0 saturated heterocycles. The summed E-state index contributed by atoms with van der Waals surface area (Å²) in [5, 5.41) is 0. The monoisotopic (exact) mass is 311 g/mol. The van der Waals surface area contributed by atoms with Crippen LogP contribution >= 0.6 is 0 Å². The highest BCUT2D eigenvalue weighted by molar-refractivity contribution is 7.85. The van der Waals surface area contributed by atoms with Gasteiger partial charge in [0.1, 0.15) is 11.0 Å². The Morgan fingerprint density at radius 3 is 2.05 bits per heavy atom. The molecular formula is C19H21NOS. The summed E-state index contributed by atoms with van der Waals surface area (Å²) in [5.74, 6) is 0. The molecule has 114 valence electrons. The van der Waals surface area contributed by atoms with Crippen LogP contribution in [0.25, 0.3) is 6.08 Å². The van der Waals surface area contributed by atoms with Gasteiger partial charge in [-0.25, -0.2) is 4.21 Å². The molecule has 1 unspecified atom stereocenters. The highest BCUT2D eigenvalue weighted by atomic mass is 32.2. The first-order valence-corrected chi connectivity index (χ1v) is 8.37. The molecule has 0 aromatic heterocycles. The predicted octanol–water partition coefficient (Wildman–Crippen LogP) is 4.65. The van der Waals surface area contributed by atoms with Gasteiger partial charge in [-0.3, -0.25) is 0 Å². The second kappa shape index (κ2) is 7.32. The van der Waals surface area contributed by atoms with Crippen molar-refractivity contribution in [1.29, 1.82) is 0 Å². The van der Waals surface area contributed by atoms with Crippen LogP contribution in [0.5, 0.6) is 0 Å². The molecule has 0 spiro atoms. The van der Waals surface area contributed by atoms with E-state index in [4.69, 9.17) is 0 Å². The van der Waals surface area contributed by atoms with E-state index in [1.165, 1.54) is 0 Å². The average Bonchev–Trinajstić information content (AvgIpc) is 2.52. The summed E-state index contributed by atoms with van der Waals surface area (Å²) in [4.78, 5) is 0. The summed E-state index contributed by atoms with van der Waals surface area (Å²) in [6.07, 6.45) is 3.92. The van der Waals surface area contributed by atoms with Gasteiger partial charge in [-0.15, -0.1) is 0 Å². The van der Waals surface area contributed by atoms with Crippen LogP contribution in [-0.2, 0) is 11.0 Å². The molecule has 0 aliphatic carbocycles. The Kier molecular flexibility index (Phi) is 5.45. The Morgan fingerprint density at radius 1 is 0.955 bits per heavy atom. The topological polar surface area (TPSA) is 29.4 Å². The Balaban J connectivity index is 2.37. The van der Waals surface area contributed by atoms with Gasteiger partial charge >= 0.3 is 0 Å². The third kappa shape index (κ3) is 4.78. The lowest BCUT2D eigenvalue weighted by Crippen LogP contribution is -2.20. The van der Waals surface area contributed by atoms with E-state index in [0.717, 1.165) is 16.8 Å². The van der Waals surface area contributed by atoms with Crippen LogP contribution in [0.15, 0.2) is 71.1 Å². The zero-order chi connectivity index (χ0) is 16.0. The van der Waals surface area contributed by atoms with Gasteiger partial charge in [-0.05, 0) is 32.4 Å². The molecule has 0 bridgehead atoms. The zero-order valence-corrected chi connectivity index (χ0v) is 14.0. The van der Waals surface area contributed by atoms with E-state index in [-0.39, 0.29) is 4.75 Å². The van der Waals surface area contributed by atoms with Gasteiger partial charge in [0.05, 0.1) is 10.5 Å². The Bertz CT molecular complexity index is 682. The summed E-state index contributed by atoms with van der Waals surface area (Å²) >= 11 is 0. The van der Waals surface area contributed by atoms with Crippen LogP contribution in [0, 0.1) is 0 Å². The fraction of sp³-hybridized carbons (Fsp3) is 0.211. The molecule has 3 heteroatoms. The summed E-state index contributed by atoms with van der Waals surface area (Å²) in [5.41, 5.74) is 2.79. The third-order valence-corrected chi connectivity index (χ3v) is 4.42. The van der Waals surface area contributed by atoms with Crippen molar-refractivity contribution in [2.45, 2.75) is 25.5 Å². The van der Waals surface area contributed by atoms with Crippen LogP contribution in [-0.4, -0.2) is 14.7 Å². The van der Waals surface area contributed by atoms with Crippen LogP contribution in [0.1, 0.15) is 31.9 Å². The predicted molar refractivity (Wildman–Crippen MR) is 96.4 cm³/mol. The molecular weight excluding hydrogens is 290 g/mol. The molecule has 2 nitrogen and oxygen atoms in total. The molecule has 1 atom stereocenters. The second-order valence-electron chi connectivity index (χ2n) is 5.95. The lowest BCUT2D eigenvalue weighted by molar-refractivity contribution is 0.650. The van der Waals surface area contributed by atoms with Crippen molar-refractivity contribution in [2.24, 2.45) is 4.40 Å². The summed E-state index contributed by atoms with van der Waals surface area (Å²) in [6.45, 7) is 5.78. The number of rotatable bonds is 4. The average molecular weight is 311 g/mol. The lowest BCUT2D eigenvalue weighted by Gasteiger charge is -2.14. The number of hydrogen-bond donors (Lipinski definition) is 0. The van der Waals surface area contributed by atoms with Crippen molar-refractivity contribution in [3.63, 3.8) is 0 Å². The van der Waals surface area contributed by atoms with Crippen LogP contribution < -0.4 is 0 Å². The molecule has 2 rings (SSSR count). The molecule has 22 heavy (non-hydrogen) atoms. The number of hydrogen-bond acceptors (Lipinski definition) is 1. The third-order valence-electron chi connectivity index (χ3n) is 3.01. The van der Waals surface area contributed by atoms with Gasteiger partial charge in [-0.2, -0.15) is 4.40 Å². The minimum Gasteiger partial charge on any atom is -0.234 e. The smallest absolute Gasteiger partial charge is 0.145 e. The van der Waals surface area contributed by atoms with Crippen molar-refractivity contribution in [3.8, 4) is 0 Å². The summed E-state index contributed by atoms with van der Waals surface area (Å²) in [7, 11) is -1.29. The molecule has 0 radical (unpaired) electrons. The normalized spacial score (nSPS) is 14.2. The molecule has 0 N–H and O–H groups in total.